The molecule has 8 heteroatoms. The van der Waals surface area contributed by atoms with Gasteiger partial charge in [-0.2, -0.15) is 5.10 Å². The van der Waals surface area contributed by atoms with Crippen molar-refractivity contribution in [1.29, 1.82) is 0 Å². The van der Waals surface area contributed by atoms with Crippen LogP contribution in [0.4, 0.5) is 4.79 Å². The van der Waals surface area contributed by atoms with Crippen LogP contribution in [0.5, 0.6) is 0 Å². The van der Waals surface area contributed by atoms with Gasteiger partial charge in [-0.1, -0.05) is 13.8 Å². The first-order chi connectivity index (χ1) is 10.4. The number of carbonyl (C=O) groups excluding carboxylic acids is 2. The van der Waals surface area contributed by atoms with Gasteiger partial charge >= 0.3 is 6.09 Å². The zero-order chi connectivity index (χ0) is 17.6. The number of hydrogen-bond donors (Lipinski definition) is 2. The maximum absolute atomic E-state index is 12.4. The van der Waals surface area contributed by atoms with E-state index >= 15 is 0 Å². The summed E-state index contributed by atoms with van der Waals surface area (Å²) in [5.41, 5.74) is 0.512. The van der Waals surface area contributed by atoms with E-state index in [1.165, 1.54) is 7.05 Å². The molecule has 23 heavy (non-hydrogen) atoms. The lowest BCUT2D eigenvalue weighted by Gasteiger charge is -2.38. The molecule has 2 heterocycles. The van der Waals surface area contributed by atoms with E-state index in [0.717, 1.165) is 5.69 Å². The Labute approximate surface area is 135 Å². The summed E-state index contributed by atoms with van der Waals surface area (Å²) in [6.45, 7) is 9.98. The molecular formula is C15H24N4O4. The summed E-state index contributed by atoms with van der Waals surface area (Å²) < 4.78 is 5.42. The molecule has 1 aliphatic heterocycles. The van der Waals surface area contributed by atoms with Crippen LogP contribution in [-0.4, -0.2) is 56.6 Å². The van der Waals surface area contributed by atoms with Crippen molar-refractivity contribution in [3.63, 3.8) is 0 Å². The lowest BCUT2D eigenvalue weighted by Crippen LogP contribution is -2.47. The molecule has 2 N–H and O–H groups in total. The Bertz CT molecular complexity index is 628. The standard InChI is InChI=1S/C15H24N4O4/c1-14(2,3)23-13(21)19-7-9-10(12(20)18(6)22)16-17-11(9)15(4,5)8-19/h22H,7-8H2,1-6H3,(H,16,17). The van der Waals surface area contributed by atoms with Crippen LogP contribution < -0.4 is 0 Å². The van der Waals surface area contributed by atoms with Gasteiger partial charge in [0.15, 0.2) is 5.69 Å². The van der Waals surface area contributed by atoms with Crippen LogP contribution in [-0.2, 0) is 16.7 Å². The quantitative estimate of drug-likeness (QED) is 0.607. The highest BCUT2D eigenvalue weighted by Crippen LogP contribution is 2.34. The number of hydrogen-bond acceptors (Lipinski definition) is 5. The van der Waals surface area contributed by atoms with E-state index in [-0.39, 0.29) is 12.2 Å². The van der Waals surface area contributed by atoms with Crippen molar-refractivity contribution >= 4 is 12.0 Å². The van der Waals surface area contributed by atoms with Gasteiger partial charge in [-0.25, -0.2) is 9.86 Å². The van der Waals surface area contributed by atoms with Gasteiger partial charge in [0.25, 0.3) is 5.91 Å². The molecule has 0 spiro atoms. The van der Waals surface area contributed by atoms with Crippen LogP contribution >= 0.6 is 0 Å². The molecule has 0 aliphatic carbocycles. The van der Waals surface area contributed by atoms with E-state index < -0.39 is 23.0 Å². The number of aromatic amines is 1. The minimum absolute atomic E-state index is 0.117. The van der Waals surface area contributed by atoms with Gasteiger partial charge in [0, 0.05) is 30.3 Å². The molecule has 2 amide bonds. The van der Waals surface area contributed by atoms with E-state index in [9.17, 15) is 14.8 Å². The third-order valence-corrected chi connectivity index (χ3v) is 3.63. The number of rotatable bonds is 1. The van der Waals surface area contributed by atoms with Crippen molar-refractivity contribution in [3.8, 4) is 0 Å². The van der Waals surface area contributed by atoms with Gasteiger partial charge in [-0.05, 0) is 20.8 Å². The van der Waals surface area contributed by atoms with Crippen LogP contribution in [0.15, 0.2) is 0 Å². The highest BCUT2D eigenvalue weighted by molar-refractivity contribution is 5.93. The Kier molecular flexibility index (Phi) is 4.14. The summed E-state index contributed by atoms with van der Waals surface area (Å²) >= 11 is 0. The van der Waals surface area contributed by atoms with Crippen molar-refractivity contribution in [2.24, 2.45) is 0 Å². The molecule has 1 aliphatic rings. The summed E-state index contributed by atoms with van der Waals surface area (Å²) in [5, 5.41) is 16.8. The summed E-state index contributed by atoms with van der Waals surface area (Å²) in [4.78, 5) is 26.0. The number of amides is 2. The van der Waals surface area contributed by atoms with Crippen LogP contribution in [0.25, 0.3) is 0 Å². The van der Waals surface area contributed by atoms with Gasteiger partial charge in [-0.3, -0.25) is 15.1 Å². The second kappa shape index (κ2) is 5.52. The fraction of sp³-hybridized carbons (Fsp3) is 0.667. The molecule has 1 aromatic heterocycles. The molecule has 2 rings (SSSR count). The zero-order valence-electron chi connectivity index (χ0n) is 14.4. The Morgan fingerprint density at radius 1 is 1.39 bits per heavy atom. The second-order valence-corrected chi connectivity index (χ2v) is 7.47. The molecular weight excluding hydrogens is 300 g/mol. The van der Waals surface area contributed by atoms with Gasteiger partial charge in [0.2, 0.25) is 0 Å². The third kappa shape index (κ3) is 3.47. The molecule has 1 aromatic rings. The van der Waals surface area contributed by atoms with Crippen LogP contribution in [0.3, 0.4) is 0 Å². The maximum atomic E-state index is 12.4. The molecule has 0 saturated carbocycles. The number of nitrogens with zero attached hydrogens (tertiary/aromatic N) is 3. The van der Waals surface area contributed by atoms with Crippen LogP contribution in [0.1, 0.15) is 56.4 Å². The highest BCUT2D eigenvalue weighted by Gasteiger charge is 2.40. The summed E-state index contributed by atoms with van der Waals surface area (Å²) in [7, 11) is 1.24. The van der Waals surface area contributed by atoms with E-state index in [1.54, 1.807) is 25.7 Å². The average Bonchev–Trinajstić information content (AvgIpc) is 2.79. The Morgan fingerprint density at radius 3 is 2.52 bits per heavy atom. The van der Waals surface area contributed by atoms with Crippen LogP contribution in [0.2, 0.25) is 0 Å². The lowest BCUT2D eigenvalue weighted by atomic mass is 9.82. The monoisotopic (exact) mass is 324 g/mol. The highest BCUT2D eigenvalue weighted by atomic mass is 16.6. The van der Waals surface area contributed by atoms with E-state index in [2.05, 4.69) is 10.2 Å². The largest absolute Gasteiger partial charge is 0.444 e. The van der Waals surface area contributed by atoms with E-state index in [4.69, 9.17) is 4.74 Å². The van der Waals surface area contributed by atoms with Crippen molar-refractivity contribution in [2.45, 2.75) is 52.2 Å². The van der Waals surface area contributed by atoms with Gasteiger partial charge in [0.1, 0.15) is 5.60 Å². The first kappa shape index (κ1) is 17.3. The number of carbonyl (C=O) groups is 2. The van der Waals surface area contributed by atoms with Crippen molar-refractivity contribution in [3.05, 3.63) is 17.0 Å². The minimum atomic E-state index is -0.621. The summed E-state index contributed by atoms with van der Waals surface area (Å²) in [6, 6.07) is 0. The first-order valence-corrected chi connectivity index (χ1v) is 7.45. The fourth-order valence-corrected chi connectivity index (χ4v) is 2.67. The Balaban J connectivity index is 2.35. The molecule has 0 fully saturated rings. The fourth-order valence-electron chi connectivity index (χ4n) is 2.67. The average molecular weight is 324 g/mol. The summed E-state index contributed by atoms with van der Waals surface area (Å²) in [5.74, 6) is -0.621. The van der Waals surface area contributed by atoms with Gasteiger partial charge in [-0.15, -0.1) is 0 Å². The number of hydroxylamine groups is 2. The van der Waals surface area contributed by atoms with E-state index in [1.807, 2.05) is 13.8 Å². The number of H-pyrrole nitrogens is 1. The minimum Gasteiger partial charge on any atom is -0.444 e. The zero-order valence-corrected chi connectivity index (χ0v) is 14.4. The second-order valence-electron chi connectivity index (χ2n) is 7.47. The van der Waals surface area contributed by atoms with Crippen molar-refractivity contribution < 1.29 is 19.5 Å². The molecule has 0 unspecified atom stereocenters. The summed E-state index contributed by atoms with van der Waals surface area (Å²) in [6.07, 6.45) is -0.437. The van der Waals surface area contributed by atoms with Crippen LogP contribution in [0, 0.1) is 0 Å². The lowest BCUT2D eigenvalue weighted by molar-refractivity contribution is -0.0381. The Hall–Kier alpha value is -2.09. The molecule has 0 atom stereocenters. The maximum Gasteiger partial charge on any atom is 0.410 e. The topological polar surface area (TPSA) is 98.8 Å². The van der Waals surface area contributed by atoms with Crippen molar-refractivity contribution in [1.82, 2.24) is 20.2 Å². The third-order valence-electron chi connectivity index (χ3n) is 3.63. The molecule has 0 radical (unpaired) electrons. The molecule has 0 bridgehead atoms. The smallest absolute Gasteiger partial charge is 0.410 e. The van der Waals surface area contributed by atoms with Gasteiger partial charge < -0.3 is 9.64 Å². The van der Waals surface area contributed by atoms with Crippen molar-refractivity contribution in [2.75, 3.05) is 13.6 Å². The number of ether oxygens (including phenoxy) is 1. The van der Waals surface area contributed by atoms with Gasteiger partial charge in [0.05, 0.1) is 6.54 Å². The SMILES string of the molecule is CN(O)C(=O)c1n[nH]c2c1CN(C(=O)OC(C)(C)C)CC2(C)C. The first-order valence-electron chi connectivity index (χ1n) is 7.45. The predicted octanol–water partition coefficient (Wildman–Crippen LogP) is 1.90. The number of nitrogens with one attached hydrogen (secondary N) is 1. The number of fused-ring (bicyclic) bond motifs is 1. The molecule has 128 valence electrons. The van der Waals surface area contributed by atoms with E-state index in [0.29, 0.717) is 17.2 Å². The normalized spacial score (nSPS) is 16.7. The molecule has 0 aromatic carbocycles. The molecule has 0 saturated heterocycles. The Morgan fingerprint density at radius 2 is 2.00 bits per heavy atom. The predicted molar refractivity (Wildman–Crippen MR) is 82.1 cm³/mol. The number of aromatic nitrogens is 2. The molecule has 8 nitrogen and oxygen atoms in total.